The molecule has 0 aliphatic rings. The van der Waals surface area contributed by atoms with E-state index >= 15 is 0 Å². The number of hydrogen-bond acceptors (Lipinski definition) is 3. The molecular formula is C11H7Br2NOS. The maximum Gasteiger partial charge on any atom is 0.168 e. The van der Waals surface area contributed by atoms with Crippen molar-refractivity contribution < 1.29 is 4.79 Å². The van der Waals surface area contributed by atoms with Gasteiger partial charge in [-0.3, -0.25) is 9.78 Å². The topological polar surface area (TPSA) is 30.0 Å². The zero-order valence-electron chi connectivity index (χ0n) is 8.11. The molecule has 82 valence electrons. The lowest BCUT2D eigenvalue weighted by atomic mass is 10.1. The van der Waals surface area contributed by atoms with Gasteiger partial charge < -0.3 is 0 Å². The van der Waals surface area contributed by atoms with Crippen LogP contribution in [-0.4, -0.2) is 10.8 Å². The van der Waals surface area contributed by atoms with Gasteiger partial charge in [-0.1, -0.05) is 0 Å². The Kier molecular flexibility index (Phi) is 3.89. The van der Waals surface area contributed by atoms with E-state index in [4.69, 9.17) is 0 Å². The summed E-state index contributed by atoms with van der Waals surface area (Å²) in [4.78, 5) is 15.9. The third-order valence-electron chi connectivity index (χ3n) is 2.02. The Morgan fingerprint density at radius 1 is 1.31 bits per heavy atom. The minimum atomic E-state index is 0.113. The van der Waals surface area contributed by atoms with Crippen LogP contribution in [0.15, 0.2) is 38.2 Å². The fourth-order valence-corrected chi connectivity index (χ4v) is 2.87. The SMILES string of the molecule is O=C(Cc1cncc(Br)c1)c1csc(Br)c1. The normalized spacial score (nSPS) is 10.4. The number of hydrogen-bond donors (Lipinski definition) is 0. The number of ketones is 1. The van der Waals surface area contributed by atoms with Crippen molar-refractivity contribution in [2.24, 2.45) is 0 Å². The monoisotopic (exact) mass is 359 g/mol. The zero-order chi connectivity index (χ0) is 11.5. The maximum absolute atomic E-state index is 11.9. The van der Waals surface area contributed by atoms with Gasteiger partial charge in [0.05, 0.1) is 3.79 Å². The zero-order valence-corrected chi connectivity index (χ0v) is 12.1. The second kappa shape index (κ2) is 5.21. The van der Waals surface area contributed by atoms with Crippen LogP contribution in [0.2, 0.25) is 0 Å². The molecule has 0 aromatic carbocycles. The first kappa shape index (κ1) is 12.0. The molecule has 0 unspecified atom stereocenters. The van der Waals surface area contributed by atoms with Gasteiger partial charge in [-0.2, -0.15) is 0 Å². The van der Waals surface area contributed by atoms with Gasteiger partial charge in [0.15, 0.2) is 5.78 Å². The summed E-state index contributed by atoms with van der Waals surface area (Å²) in [6.07, 6.45) is 3.80. The molecule has 0 saturated heterocycles. The quantitative estimate of drug-likeness (QED) is 0.771. The average Bonchev–Trinajstić information content (AvgIpc) is 2.65. The lowest BCUT2D eigenvalue weighted by Gasteiger charge is -1.99. The molecule has 5 heteroatoms. The van der Waals surface area contributed by atoms with Crippen molar-refractivity contribution in [3.63, 3.8) is 0 Å². The molecule has 2 aromatic heterocycles. The number of Topliss-reactive ketones (excluding diaryl/α,β-unsaturated/α-hetero) is 1. The van der Waals surface area contributed by atoms with E-state index in [1.807, 2.05) is 17.5 Å². The largest absolute Gasteiger partial charge is 0.294 e. The average molecular weight is 361 g/mol. The number of carbonyl (C=O) groups excluding carboxylic acids is 1. The molecule has 0 saturated carbocycles. The van der Waals surface area contributed by atoms with Gasteiger partial charge in [0.25, 0.3) is 0 Å². The van der Waals surface area contributed by atoms with Crippen molar-refractivity contribution >= 4 is 49.0 Å². The third kappa shape index (κ3) is 2.99. The van der Waals surface area contributed by atoms with Crippen molar-refractivity contribution in [2.45, 2.75) is 6.42 Å². The molecule has 0 N–H and O–H groups in total. The molecule has 2 rings (SSSR count). The van der Waals surface area contributed by atoms with Crippen LogP contribution in [0.25, 0.3) is 0 Å². The van der Waals surface area contributed by atoms with Gasteiger partial charge in [0, 0.05) is 34.2 Å². The summed E-state index contributed by atoms with van der Waals surface area (Å²) in [7, 11) is 0. The molecule has 16 heavy (non-hydrogen) atoms. The van der Waals surface area contributed by atoms with Crippen LogP contribution in [0.1, 0.15) is 15.9 Å². The predicted octanol–water partition coefficient (Wildman–Crippen LogP) is 4.09. The fourth-order valence-electron chi connectivity index (χ4n) is 1.30. The van der Waals surface area contributed by atoms with Gasteiger partial charge in [-0.25, -0.2) is 0 Å². The van der Waals surface area contributed by atoms with Crippen molar-refractivity contribution in [3.05, 3.63) is 49.3 Å². The van der Waals surface area contributed by atoms with E-state index in [-0.39, 0.29) is 5.78 Å². The van der Waals surface area contributed by atoms with Crippen LogP contribution in [0, 0.1) is 0 Å². The lowest BCUT2D eigenvalue weighted by Crippen LogP contribution is -2.02. The Morgan fingerprint density at radius 3 is 2.75 bits per heavy atom. The van der Waals surface area contributed by atoms with E-state index in [1.54, 1.807) is 12.4 Å². The summed E-state index contributed by atoms with van der Waals surface area (Å²) >= 11 is 8.19. The molecule has 0 fully saturated rings. The summed E-state index contributed by atoms with van der Waals surface area (Å²) in [5.41, 5.74) is 1.67. The molecule has 0 amide bonds. The summed E-state index contributed by atoms with van der Waals surface area (Å²) < 4.78 is 1.87. The van der Waals surface area contributed by atoms with Gasteiger partial charge in [-0.15, -0.1) is 11.3 Å². The highest BCUT2D eigenvalue weighted by atomic mass is 79.9. The van der Waals surface area contributed by atoms with Crippen LogP contribution < -0.4 is 0 Å². The highest BCUT2D eigenvalue weighted by Gasteiger charge is 2.09. The minimum absolute atomic E-state index is 0.113. The predicted molar refractivity (Wildman–Crippen MR) is 72.0 cm³/mol. The lowest BCUT2D eigenvalue weighted by molar-refractivity contribution is 0.0993. The molecular weight excluding hydrogens is 354 g/mol. The van der Waals surface area contributed by atoms with E-state index in [0.29, 0.717) is 6.42 Å². The Hall–Kier alpha value is -0.520. The van der Waals surface area contributed by atoms with Crippen LogP contribution in [0.4, 0.5) is 0 Å². The number of rotatable bonds is 3. The van der Waals surface area contributed by atoms with Crippen LogP contribution in [0.3, 0.4) is 0 Å². The fraction of sp³-hybridized carbons (Fsp3) is 0.0909. The van der Waals surface area contributed by atoms with Crippen LogP contribution in [0.5, 0.6) is 0 Å². The van der Waals surface area contributed by atoms with Crippen LogP contribution >= 0.6 is 43.2 Å². The second-order valence-electron chi connectivity index (χ2n) is 3.25. The Labute approximate surface area is 114 Å². The molecule has 0 aliphatic heterocycles. The minimum Gasteiger partial charge on any atom is -0.294 e. The molecule has 0 bridgehead atoms. The third-order valence-corrected chi connectivity index (χ3v) is 3.95. The summed E-state index contributed by atoms with van der Waals surface area (Å²) in [5, 5.41) is 1.86. The van der Waals surface area contributed by atoms with E-state index in [9.17, 15) is 4.79 Å². The number of aromatic nitrogens is 1. The van der Waals surface area contributed by atoms with Gasteiger partial charge in [0.2, 0.25) is 0 Å². The van der Waals surface area contributed by atoms with Crippen molar-refractivity contribution in [1.29, 1.82) is 0 Å². The Bertz CT molecular complexity index is 524. The van der Waals surface area contributed by atoms with E-state index < -0.39 is 0 Å². The first-order valence-corrected chi connectivity index (χ1v) is 6.98. The number of pyridine rings is 1. The summed E-state index contributed by atoms with van der Waals surface area (Å²) in [6, 6.07) is 3.75. The highest BCUT2D eigenvalue weighted by Crippen LogP contribution is 2.22. The summed E-state index contributed by atoms with van der Waals surface area (Å²) in [6.45, 7) is 0. The second-order valence-corrected chi connectivity index (χ2v) is 6.46. The smallest absolute Gasteiger partial charge is 0.168 e. The van der Waals surface area contributed by atoms with Gasteiger partial charge >= 0.3 is 0 Å². The van der Waals surface area contributed by atoms with Crippen molar-refractivity contribution in [1.82, 2.24) is 4.98 Å². The molecule has 0 atom stereocenters. The number of nitrogens with zero attached hydrogens (tertiary/aromatic N) is 1. The van der Waals surface area contributed by atoms with Crippen molar-refractivity contribution in [2.75, 3.05) is 0 Å². The molecule has 2 aromatic rings. The van der Waals surface area contributed by atoms with Gasteiger partial charge in [-0.05, 0) is 49.6 Å². The molecule has 0 aliphatic carbocycles. The summed E-state index contributed by atoms with van der Waals surface area (Å²) in [5.74, 6) is 0.113. The Morgan fingerprint density at radius 2 is 2.12 bits per heavy atom. The molecule has 0 radical (unpaired) electrons. The molecule has 0 spiro atoms. The molecule has 2 heterocycles. The standard InChI is InChI=1S/C11H7Br2NOS/c12-9-1-7(4-14-5-9)2-10(15)8-3-11(13)16-6-8/h1,3-6H,2H2. The van der Waals surface area contributed by atoms with E-state index in [1.165, 1.54) is 11.3 Å². The maximum atomic E-state index is 11.9. The number of thiophene rings is 1. The van der Waals surface area contributed by atoms with E-state index in [2.05, 4.69) is 36.8 Å². The van der Waals surface area contributed by atoms with Crippen molar-refractivity contribution in [3.8, 4) is 0 Å². The molecule has 2 nitrogen and oxygen atoms in total. The number of halogens is 2. The Balaban J connectivity index is 2.13. The first-order chi connectivity index (χ1) is 7.65. The van der Waals surface area contributed by atoms with Crippen LogP contribution in [-0.2, 0) is 6.42 Å². The van der Waals surface area contributed by atoms with Gasteiger partial charge in [0.1, 0.15) is 0 Å². The first-order valence-electron chi connectivity index (χ1n) is 4.52. The van der Waals surface area contributed by atoms with E-state index in [0.717, 1.165) is 19.4 Å². The number of carbonyl (C=O) groups is 1. The highest BCUT2D eigenvalue weighted by molar-refractivity contribution is 9.11.